The molecule has 0 spiro atoms. The Kier molecular flexibility index (Phi) is 5.09. The lowest BCUT2D eigenvalue weighted by atomic mass is 10.1. The zero-order valence-electron chi connectivity index (χ0n) is 14.6. The molecule has 0 bridgehead atoms. The molecular formula is C19H18N2O5S. The van der Waals surface area contributed by atoms with E-state index >= 15 is 0 Å². The molecule has 7 nitrogen and oxygen atoms in total. The second-order valence-corrected chi connectivity index (χ2v) is 8.00. The molecule has 1 saturated heterocycles. The molecule has 1 aliphatic rings. The third-order valence-electron chi connectivity index (χ3n) is 4.30. The molecule has 2 amide bonds. The molecule has 1 N–H and O–H groups in total. The van der Waals surface area contributed by atoms with Gasteiger partial charge in [-0.15, -0.1) is 0 Å². The van der Waals surface area contributed by atoms with Crippen molar-refractivity contribution in [1.29, 1.82) is 0 Å². The van der Waals surface area contributed by atoms with Crippen LogP contribution in [0.15, 0.2) is 59.5 Å². The molecule has 1 aliphatic heterocycles. The first-order valence-corrected chi connectivity index (χ1v) is 9.79. The van der Waals surface area contributed by atoms with Crippen molar-refractivity contribution in [2.24, 2.45) is 0 Å². The maximum atomic E-state index is 12.8. The minimum Gasteiger partial charge on any atom is -0.324 e. The van der Waals surface area contributed by atoms with Crippen molar-refractivity contribution in [3.05, 3.63) is 60.2 Å². The van der Waals surface area contributed by atoms with Crippen LogP contribution in [0.1, 0.15) is 30.1 Å². The molecule has 27 heavy (non-hydrogen) atoms. The molecule has 1 atom stereocenters. The van der Waals surface area contributed by atoms with Gasteiger partial charge in [-0.1, -0.05) is 30.3 Å². The van der Waals surface area contributed by atoms with Crippen molar-refractivity contribution in [3.8, 4) is 0 Å². The van der Waals surface area contributed by atoms with E-state index < -0.39 is 27.9 Å². The van der Waals surface area contributed by atoms with Crippen molar-refractivity contribution in [1.82, 2.24) is 4.31 Å². The van der Waals surface area contributed by atoms with Crippen LogP contribution in [0, 0.1) is 0 Å². The fourth-order valence-electron chi connectivity index (χ4n) is 2.95. The standard InChI is InChI=1S/C19H18N2O5S/c1-13(22)14-6-5-7-15(12-14)20-19(24)17-10-11-18(23)21(17)27(25,26)16-8-3-2-4-9-16/h2-9,12,17H,10-11H2,1H3,(H,20,24). The Morgan fingerprint density at radius 1 is 1.07 bits per heavy atom. The average molecular weight is 386 g/mol. The summed E-state index contributed by atoms with van der Waals surface area (Å²) in [5, 5.41) is 2.60. The highest BCUT2D eigenvalue weighted by atomic mass is 32.2. The highest BCUT2D eigenvalue weighted by Crippen LogP contribution is 2.28. The number of carbonyl (C=O) groups excluding carboxylic acids is 3. The van der Waals surface area contributed by atoms with Gasteiger partial charge in [-0.3, -0.25) is 14.4 Å². The zero-order valence-corrected chi connectivity index (χ0v) is 15.4. The Hall–Kier alpha value is -3.00. The SMILES string of the molecule is CC(=O)c1cccc(NC(=O)C2CCC(=O)N2S(=O)(=O)c2ccccc2)c1. The number of nitrogens with zero attached hydrogens (tertiary/aromatic N) is 1. The van der Waals surface area contributed by atoms with Gasteiger partial charge < -0.3 is 5.32 Å². The van der Waals surface area contributed by atoms with E-state index in [9.17, 15) is 22.8 Å². The third-order valence-corrected chi connectivity index (χ3v) is 6.14. The summed E-state index contributed by atoms with van der Waals surface area (Å²) in [4.78, 5) is 36.3. The van der Waals surface area contributed by atoms with E-state index in [0.29, 0.717) is 15.6 Å². The lowest BCUT2D eigenvalue weighted by Crippen LogP contribution is -2.45. The molecule has 8 heteroatoms. The Morgan fingerprint density at radius 2 is 1.78 bits per heavy atom. The van der Waals surface area contributed by atoms with Crippen LogP contribution < -0.4 is 5.32 Å². The highest BCUT2D eigenvalue weighted by molar-refractivity contribution is 7.89. The molecule has 1 fully saturated rings. The first kappa shape index (κ1) is 18.8. The smallest absolute Gasteiger partial charge is 0.267 e. The first-order chi connectivity index (χ1) is 12.8. The van der Waals surface area contributed by atoms with Gasteiger partial charge in [0.25, 0.3) is 10.0 Å². The van der Waals surface area contributed by atoms with Gasteiger partial charge in [-0.25, -0.2) is 12.7 Å². The second-order valence-electron chi connectivity index (χ2n) is 6.19. The number of sulfonamides is 1. The van der Waals surface area contributed by atoms with Gasteiger partial charge in [-0.05, 0) is 37.6 Å². The summed E-state index contributed by atoms with van der Waals surface area (Å²) < 4.78 is 26.3. The number of amides is 2. The predicted molar refractivity (Wildman–Crippen MR) is 98.6 cm³/mol. The number of hydrogen-bond donors (Lipinski definition) is 1. The molecule has 0 radical (unpaired) electrons. The van der Waals surface area contributed by atoms with Gasteiger partial charge >= 0.3 is 0 Å². The van der Waals surface area contributed by atoms with E-state index in [1.807, 2.05) is 0 Å². The summed E-state index contributed by atoms with van der Waals surface area (Å²) in [7, 11) is -4.13. The van der Waals surface area contributed by atoms with E-state index in [1.165, 1.54) is 25.1 Å². The number of carbonyl (C=O) groups is 3. The van der Waals surface area contributed by atoms with Crippen LogP contribution in [0.4, 0.5) is 5.69 Å². The molecule has 1 unspecified atom stereocenters. The highest BCUT2D eigenvalue weighted by Gasteiger charge is 2.44. The molecule has 140 valence electrons. The molecule has 2 aromatic rings. The maximum absolute atomic E-state index is 12.8. The zero-order chi connectivity index (χ0) is 19.6. The summed E-state index contributed by atoms with van der Waals surface area (Å²) in [6, 6.07) is 12.7. The van der Waals surface area contributed by atoms with E-state index in [4.69, 9.17) is 0 Å². The lowest BCUT2D eigenvalue weighted by molar-refractivity contribution is -0.128. The van der Waals surface area contributed by atoms with Crippen molar-refractivity contribution in [2.45, 2.75) is 30.7 Å². The molecular weight excluding hydrogens is 368 g/mol. The summed E-state index contributed by atoms with van der Waals surface area (Å²) in [5.41, 5.74) is 0.785. The predicted octanol–water partition coefficient (Wildman–Crippen LogP) is 2.21. The van der Waals surface area contributed by atoms with Crippen molar-refractivity contribution < 1.29 is 22.8 Å². The number of benzene rings is 2. The second kappa shape index (κ2) is 7.32. The molecule has 0 aromatic heterocycles. The van der Waals surface area contributed by atoms with E-state index in [0.717, 1.165) is 0 Å². The quantitative estimate of drug-likeness (QED) is 0.794. The van der Waals surface area contributed by atoms with Crippen LogP contribution in [0.2, 0.25) is 0 Å². The summed E-state index contributed by atoms with van der Waals surface area (Å²) in [6.07, 6.45) is 0.0702. The third kappa shape index (κ3) is 3.75. The van der Waals surface area contributed by atoms with Crippen molar-refractivity contribution >= 4 is 33.3 Å². The Bertz CT molecular complexity index is 1000. The minimum atomic E-state index is -4.13. The summed E-state index contributed by atoms with van der Waals surface area (Å²) >= 11 is 0. The fourth-order valence-corrected chi connectivity index (χ4v) is 4.57. The van der Waals surface area contributed by atoms with Crippen LogP contribution in [0.3, 0.4) is 0 Å². The minimum absolute atomic E-state index is 0.0301. The number of anilines is 1. The van der Waals surface area contributed by atoms with Crippen LogP contribution in [-0.2, 0) is 19.6 Å². The normalized spacial score (nSPS) is 17.0. The number of nitrogens with one attached hydrogen (secondary N) is 1. The molecule has 1 heterocycles. The summed E-state index contributed by atoms with van der Waals surface area (Å²) in [6.45, 7) is 1.41. The Labute approximate surface area is 157 Å². The van der Waals surface area contributed by atoms with Crippen LogP contribution in [0.25, 0.3) is 0 Å². The van der Waals surface area contributed by atoms with E-state index in [-0.39, 0.29) is 23.5 Å². The topological polar surface area (TPSA) is 101 Å². The maximum Gasteiger partial charge on any atom is 0.267 e. The van der Waals surface area contributed by atoms with Crippen LogP contribution >= 0.6 is 0 Å². The fraction of sp³-hybridized carbons (Fsp3) is 0.211. The molecule has 3 rings (SSSR count). The van der Waals surface area contributed by atoms with E-state index in [2.05, 4.69) is 5.32 Å². The van der Waals surface area contributed by atoms with Crippen molar-refractivity contribution in [3.63, 3.8) is 0 Å². The van der Waals surface area contributed by atoms with Gasteiger partial charge in [0.2, 0.25) is 11.8 Å². The molecule has 0 aliphatic carbocycles. The first-order valence-electron chi connectivity index (χ1n) is 8.35. The van der Waals surface area contributed by atoms with Gasteiger partial charge in [0.05, 0.1) is 4.90 Å². The molecule has 0 saturated carbocycles. The van der Waals surface area contributed by atoms with Crippen LogP contribution in [0.5, 0.6) is 0 Å². The van der Waals surface area contributed by atoms with Gasteiger partial charge in [0.1, 0.15) is 6.04 Å². The molecule has 2 aromatic carbocycles. The Balaban J connectivity index is 1.87. The largest absolute Gasteiger partial charge is 0.324 e. The van der Waals surface area contributed by atoms with Gasteiger partial charge in [-0.2, -0.15) is 0 Å². The average Bonchev–Trinajstić information content (AvgIpc) is 3.05. The monoisotopic (exact) mass is 386 g/mol. The number of Topliss-reactive ketones (excluding diaryl/α,β-unsaturated/α-hetero) is 1. The number of ketones is 1. The van der Waals surface area contributed by atoms with Crippen LogP contribution in [-0.4, -0.2) is 36.4 Å². The number of rotatable bonds is 5. The van der Waals surface area contributed by atoms with Gasteiger partial charge in [0.15, 0.2) is 5.78 Å². The van der Waals surface area contributed by atoms with Crippen molar-refractivity contribution in [2.75, 3.05) is 5.32 Å². The Morgan fingerprint density at radius 3 is 2.44 bits per heavy atom. The van der Waals surface area contributed by atoms with E-state index in [1.54, 1.807) is 36.4 Å². The lowest BCUT2D eigenvalue weighted by Gasteiger charge is -2.23. The van der Waals surface area contributed by atoms with Gasteiger partial charge in [0, 0.05) is 17.7 Å². The number of hydrogen-bond acceptors (Lipinski definition) is 5. The summed E-state index contributed by atoms with van der Waals surface area (Å²) in [5.74, 6) is -1.38.